The summed E-state index contributed by atoms with van der Waals surface area (Å²) in [5.74, 6) is 1.79. The molecule has 5 heteroatoms. The Morgan fingerprint density at radius 3 is 2.00 bits per heavy atom. The monoisotopic (exact) mass is 288 g/mol. The predicted molar refractivity (Wildman–Crippen MR) is 83.2 cm³/mol. The second kappa shape index (κ2) is 6.35. The molecule has 0 unspecified atom stereocenters. The van der Waals surface area contributed by atoms with Crippen molar-refractivity contribution in [3.05, 3.63) is 22.7 Å². The van der Waals surface area contributed by atoms with Gasteiger partial charge < -0.3 is 14.2 Å². The summed E-state index contributed by atoms with van der Waals surface area (Å²) in [5.41, 5.74) is 1.76. The van der Waals surface area contributed by atoms with Gasteiger partial charge in [-0.2, -0.15) is 5.10 Å². The number of aromatic nitrogens is 2. The van der Waals surface area contributed by atoms with E-state index in [2.05, 4.69) is 10.2 Å². The van der Waals surface area contributed by atoms with Crippen LogP contribution in [-0.2, 0) is 0 Å². The number of nitrogens with zero attached hydrogens (tertiary/aromatic N) is 1. The molecule has 0 bridgehead atoms. The molecular weight excluding hydrogens is 268 g/mol. The summed E-state index contributed by atoms with van der Waals surface area (Å²) in [6.45, 7) is 3.96. The molecule has 1 heterocycles. The van der Waals surface area contributed by atoms with Gasteiger partial charge >= 0.3 is 0 Å². The number of hydrogen-bond donors (Lipinski definition) is 1. The van der Waals surface area contributed by atoms with Gasteiger partial charge in [0.15, 0.2) is 11.5 Å². The first-order valence-corrected chi connectivity index (χ1v) is 6.67. The molecule has 0 aliphatic rings. The topological polar surface area (TPSA) is 56.4 Å². The Hall–Kier alpha value is -2.43. The molecule has 112 valence electrons. The van der Waals surface area contributed by atoms with E-state index < -0.39 is 0 Å². The van der Waals surface area contributed by atoms with Gasteiger partial charge in [-0.25, -0.2) is 0 Å². The molecule has 1 aromatic carbocycles. The van der Waals surface area contributed by atoms with Crippen LogP contribution in [0.5, 0.6) is 17.2 Å². The number of hydrogen-bond acceptors (Lipinski definition) is 4. The molecule has 0 spiro atoms. The number of benzene rings is 1. The van der Waals surface area contributed by atoms with Crippen molar-refractivity contribution in [3.63, 3.8) is 0 Å². The van der Waals surface area contributed by atoms with E-state index in [1.807, 2.05) is 38.1 Å². The maximum Gasteiger partial charge on any atom is 0.203 e. The molecule has 0 atom stereocenters. The molecule has 0 aliphatic carbocycles. The van der Waals surface area contributed by atoms with E-state index in [0.717, 1.165) is 21.8 Å². The summed E-state index contributed by atoms with van der Waals surface area (Å²) in [5, 5.41) is 9.46. The van der Waals surface area contributed by atoms with Crippen molar-refractivity contribution in [2.24, 2.45) is 0 Å². The van der Waals surface area contributed by atoms with Crippen LogP contribution in [0.3, 0.4) is 0 Å². The van der Waals surface area contributed by atoms with E-state index in [1.54, 1.807) is 21.3 Å². The van der Waals surface area contributed by atoms with Gasteiger partial charge in [0.2, 0.25) is 5.75 Å². The van der Waals surface area contributed by atoms with Crippen LogP contribution in [0.4, 0.5) is 0 Å². The standard InChI is InChI=1S/C16H20N2O3/c1-6-11-12(7-2)17-18-15(11)10-8-13(19-3)16(21-5)14(9-10)20-4/h6-9,17H,1-5H3. The lowest BCUT2D eigenvalue weighted by Gasteiger charge is -2.13. The maximum absolute atomic E-state index is 5.39. The zero-order valence-electron chi connectivity index (χ0n) is 13.0. The number of nitrogens with one attached hydrogen (secondary N) is 1. The first-order chi connectivity index (χ1) is 10.2. The van der Waals surface area contributed by atoms with Gasteiger partial charge in [0, 0.05) is 10.8 Å². The van der Waals surface area contributed by atoms with E-state index in [4.69, 9.17) is 14.2 Å². The number of ether oxygens (including phenoxy) is 3. The highest BCUT2D eigenvalue weighted by Gasteiger charge is 2.15. The minimum Gasteiger partial charge on any atom is -0.493 e. The summed E-state index contributed by atoms with van der Waals surface area (Å²) in [4.78, 5) is 0. The highest BCUT2D eigenvalue weighted by molar-refractivity contribution is 5.69. The van der Waals surface area contributed by atoms with Crippen molar-refractivity contribution >= 4 is 12.2 Å². The smallest absolute Gasteiger partial charge is 0.203 e. The first kappa shape index (κ1) is 15.0. The average Bonchev–Trinajstić information content (AvgIpc) is 2.96. The third-order valence-electron chi connectivity index (χ3n) is 3.35. The van der Waals surface area contributed by atoms with Crippen LogP contribution in [-0.4, -0.2) is 31.5 Å². The second-order valence-corrected chi connectivity index (χ2v) is 4.39. The minimum atomic E-state index is 0.573. The third-order valence-corrected chi connectivity index (χ3v) is 3.35. The van der Waals surface area contributed by atoms with Crippen molar-refractivity contribution < 1.29 is 14.2 Å². The predicted octanol–water partition coefficient (Wildman–Crippen LogP) is 1.70. The summed E-state index contributed by atoms with van der Waals surface area (Å²) in [7, 11) is 4.79. The molecule has 0 fully saturated rings. The van der Waals surface area contributed by atoms with E-state index in [1.165, 1.54) is 0 Å². The van der Waals surface area contributed by atoms with Gasteiger partial charge in [-0.15, -0.1) is 0 Å². The van der Waals surface area contributed by atoms with Crippen LogP contribution in [0, 0.1) is 0 Å². The molecule has 0 radical (unpaired) electrons. The van der Waals surface area contributed by atoms with Crippen molar-refractivity contribution in [1.29, 1.82) is 0 Å². The fourth-order valence-corrected chi connectivity index (χ4v) is 2.31. The van der Waals surface area contributed by atoms with Crippen molar-refractivity contribution in [2.75, 3.05) is 21.3 Å². The normalized spacial score (nSPS) is 12.6. The minimum absolute atomic E-state index is 0.573. The van der Waals surface area contributed by atoms with Crippen molar-refractivity contribution in [1.82, 2.24) is 10.2 Å². The lowest BCUT2D eigenvalue weighted by molar-refractivity contribution is 0.324. The number of methoxy groups -OCH3 is 3. The Kier molecular flexibility index (Phi) is 4.52. The zero-order chi connectivity index (χ0) is 15.4. The van der Waals surface area contributed by atoms with Crippen LogP contribution in [0.15, 0.2) is 12.1 Å². The van der Waals surface area contributed by atoms with Gasteiger partial charge in [0.1, 0.15) is 0 Å². The molecule has 21 heavy (non-hydrogen) atoms. The zero-order valence-corrected chi connectivity index (χ0v) is 13.0. The van der Waals surface area contributed by atoms with E-state index in [9.17, 15) is 0 Å². The molecule has 0 aliphatic heterocycles. The van der Waals surface area contributed by atoms with Gasteiger partial charge in [0.05, 0.1) is 32.4 Å². The van der Waals surface area contributed by atoms with E-state index >= 15 is 0 Å². The Labute approximate surface area is 123 Å². The molecule has 2 aromatic rings. The molecule has 2 rings (SSSR count). The Bertz CT molecular complexity index is 722. The fourth-order valence-electron chi connectivity index (χ4n) is 2.31. The maximum atomic E-state index is 5.39. The molecule has 5 nitrogen and oxygen atoms in total. The lowest BCUT2D eigenvalue weighted by atomic mass is 10.1. The van der Waals surface area contributed by atoms with Crippen LogP contribution in [0.25, 0.3) is 23.4 Å². The Morgan fingerprint density at radius 2 is 1.57 bits per heavy atom. The van der Waals surface area contributed by atoms with Gasteiger partial charge in [-0.1, -0.05) is 12.2 Å². The summed E-state index contributed by atoms with van der Waals surface area (Å²) in [6, 6.07) is 3.79. The Balaban J connectivity index is 2.74. The van der Waals surface area contributed by atoms with Gasteiger partial charge in [0.25, 0.3) is 0 Å². The summed E-state index contributed by atoms with van der Waals surface area (Å²) >= 11 is 0. The third kappa shape index (κ3) is 2.59. The van der Waals surface area contributed by atoms with E-state index in [-0.39, 0.29) is 0 Å². The fraction of sp³-hybridized carbons (Fsp3) is 0.312. The van der Waals surface area contributed by atoms with Crippen LogP contribution in [0.2, 0.25) is 0 Å². The van der Waals surface area contributed by atoms with Crippen molar-refractivity contribution in [2.45, 2.75) is 13.8 Å². The molecule has 0 saturated carbocycles. The molecule has 0 saturated heterocycles. The second-order valence-electron chi connectivity index (χ2n) is 4.39. The number of H-pyrrole nitrogens is 1. The van der Waals surface area contributed by atoms with Crippen LogP contribution in [0.1, 0.15) is 13.8 Å². The van der Waals surface area contributed by atoms with Gasteiger partial charge in [-0.05, 0) is 26.0 Å². The summed E-state index contributed by atoms with van der Waals surface area (Å²) in [6.07, 6.45) is 4.02. The molecule has 1 N–H and O–H groups in total. The van der Waals surface area contributed by atoms with Gasteiger partial charge in [-0.3, -0.25) is 5.10 Å². The molecule has 1 aromatic heterocycles. The first-order valence-electron chi connectivity index (χ1n) is 6.67. The SMILES string of the molecule is CC=c1[nH]nc(-c2cc(OC)c(OC)c(OC)c2)c1=CC. The average molecular weight is 288 g/mol. The quantitative estimate of drug-likeness (QED) is 0.930. The van der Waals surface area contributed by atoms with Crippen LogP contribution >= 0.6 is 0 Å². The highest BCUT2D eigenvalue weighted by atomic mass is 16.5. The Morgan fingerprint density at radius 1 is 0.952 bits per heavy atom. The lowest BCUT2D eigenvalue weighted by Crippen LogP contribution is -2.22. The number of rotatable bonds is 4. The number of aromatic amines is 1. The largest absolute Gasteiger partial charge is 0.493 e. The van der Waals surface area contributed by atoms with Crippen LogP contribution < -0.4 is 24.8 Å². The molecular formula is C16H20N2O3. The van der Waals surface area contributed by atoms with E-state index in [0.29, 0.717) is 17.2 Å². The van der Waals surface area contributed by atoms with Crippen molar-refractivity contribution in [3.8, 4) is 28.5 Å². The highest BCUT2D eigenvalue weighted by Crippen LogP contribution is 2.40. The molecule has 0 amide bonds. The summed E-state index contributed by atoms with van der Waals surface area (Å²) < 4.78 is 16.1.